The van der Waals surface area contributed by atoms with Gasteiger partial charge in [0, 0.05) is 12.7 Å². The number of nitrogens with two attached hydrogens (primary N) is 1. The summed E-state index contributed by atoms with van der Waals surface area (Å²) in [5.74, 6) is -0.993. The number of ether oxygens (including phenoxy) is 1. The van der Waals surface area contributed by atoms with Gasteiger partial charge < -0.3 is 10.5 Å². The van der Waals surface area contributed by atoms with Crippen molar-refractivity contribution in [3.05, 3.63) is 35.4 Å². The van der Waals surface area contributed by atoms with Gasteiger partial charge in [-0.05, 0) is 24.6 Å². The van der Waals surface area contributed by atoms with Gasteiger partial charge in [0.2, 0.25) is 0 Å². The van der Waals surface area contributed by atoms with Gasteiger partial charge in [0.25, 0.3) is 0 Å². The van der Waals surface area contributed by atoms with Crippen LogP contribution >= 0.6 is 0 Å². The minimum atomic E-state index is -0.643. The Bertz CT molecular complexity index is 326. The second kappa shape index (κ2) is 5.19. The molecule has 0 aromatic heterocycles. The molecule has 0 heterocycles. The highest BCUT2D eigenvalue weighted by atomic mass is 19.1. The van der Waals surface area contributed by atoms with Crippen molar-refractivity contribution in [1.82, 2.24) is 0 Å². The fourth-order valence-electron chi connectivity index (χ4n) is 1.54. The summed E-state index contributed by atoms with van der Waals surface area (Å²) in [6.07, 6.45) is 0.342. The summed E-state index contributed by atoms with van der Waals surface area (Å²) in [5.41, 5.74) is 5.95. The molecule has 1 rings (SSSR count). The lowest BCUT2D eigenvalue weighted by Crippen LogP contribution is -2.28. The summed E-state index contributed by atoms with van der Waals surface area (Å²) in [4.78, 5) is 0. The van der Waals surface area contributed by atoms with Crippen LogP contribution in [0.2, 0.25) is 0 Å². The highest BCUT2D eigenvalue weighted by molar-refractivity contribution is 5.23. The maximum atomic E-state index is 13.4. The van der Waals surface area contributed by atoms with Gasteiger partial charge in [-0.25, -0.2) is 8.78 Å². The van der Waals surface area contributed by atoms with Crippen molar-refractivity contribution in [2.24, 2.45) is 5.73 Å². The fourth-order valence-corrected chi connectivity index (χ4v) is 1.54. The molecule has 2 N–H and O–H groups in total. The van der Waals surface area contributed by atoms with Crippen molar-refractivity contribution in [3.63, 3.8) is 0 Å². The predicted molar refractivity (Wildman–Crippen MR) is 54.4 cm³/mol. The number of hydrogen-bond donors (Lipinski definition) is 1. The topological polar surface area (TPSA) is 35.2 Å². The van der Waals surface area contributed by atoms with Crippen LogP contribution in [-0.2, 0) is 4.74 Å². The normalized spacial score (nSPS) is 15.0. The Morgan fingerprint density at radius 2 is 2.07 bits per heavy atom. The molecule has 1 aromatic carbocycles. The molecule has 2 atom stereocenters. The van der Waals surface area contributed by atoms with E-state index < -0.39 is 17.7 Å². The highest BCUT2D eigenvalue weighted by Gasteiger charge is 2.20. The molecule has 0 radical (unpaired) electrons. The van der Waals surface area contributed by atoms with Crippen molar-refractivity contribution >= 4 is 0 Å². The summed E-state index contributed by atoms with van der Waals surface area (Å²) in [7, 11) is 1.51. The van der Waals surface area contributed by atoms with Crippen LogP contribution in [0, 0.1) is 11.6 Å². The van der Waals surface area contributed by atoms with Gasteiger partial charge in [0.1, 0.15) is 11.6 Å². The van der Waals surface area contributed by atoms with Crippen LogP contribution in [0.15, 0.2) is 18.2 Å². The van der Waals surface area contributed by atoms with Gasteiger partial charge in [-0.15, -0.1) is 0 Å². The number of benzene rings is 1. The van der Waals surface area contributed by atoms with Gasteiger partial charge >= 0.3 is 0 Å². The lowest BCUT2D eigenvalue weighted by molar-refractivity contribution is 0.0761. The van der Waals surface area contributed by atoms with Crippen molar-refractivity contribution in [2.75, 3.05) is 7.11 Å². The molecule has 2 nitrogen and oxygen atoms in total. The van der Waals surface area contributed by atoms with E-state index >= 15 is 0 Å². The molecule has 2 unspecified atom stereocenters. The zero-order valence-corrected chi connectivity index (χ0v) is 8.84. The van der Waals surface area contributed by atoms with Crippen LogP contribution in [0.1, 0.15) is 24.9 Å². The number of halogens is 2. The fraction of sp³-hybridized carbons (Fsp3) is 0.455. The summed E-state index contributed by atoms with van der Waals surface area (Å²) in [6, 6.07) is 2.61. The standard InChI is InChI=1S/C11H15F2NO/c1-3-10(15-2)11(14)8-6-7(12)4-5-9(8)13/h4-6,10-11H,3,14H2,1-2H3. The van der Waals surface area contributed by atoms with E-state index in [1.54, 1.807) is 0 Å². The first-order valence-electron chi connectivity index (χ1n) is 4.83. The smallest absolute Gasteiger partial charge is 0.128 e. The predicted octanol–water partition coefficient (Wildman–Crippen LogP) is 2.39. The minimum Gasteiger partial charge on any atom is -0.379 e. The Balaban J connectivity index is 2.98. The Labute approximate surface area is 88.0 Å². The Hall–Kier alpha value is -1.00. The van der Waals surface area contributed by atoms with Crippen LogP contribution in [0.4, 0.5) is 8.78 Å². The molecular formula is C11H15F2NO. The monoisotopic (exact) mass is 215 g/mol. The maximum absolute atomic E-state index is 13.4. The zero-order valence-electron chi connectivity index (χ0n) is 8.84. The van der Waals surface area contributed by atoms with E-state index in [2.05, 4.69) is 0 Å². The molecule has 15 heavy (non-hydrogen) atoms. The second-order valence-electron chi connectivity index (χ2n) is 3.37. The quantitative estimate of drug-likeness (QED) is 0.837. The van der Waals surface area contributed by atoms with Crippen LogP contribution in [-0.4, -0.2) is 13.2 Å². The summed E-state index contributed by atoms with van der Waals surface area (Å²) in [5, 5.41) is 0. The third-order valence-corrected chi connectivity index (χ3v) is 2.42. The molecule has 84 valence electrons. The third kappa shape index (κ3) is 2.73. The largest absolute Gasteiger partial charge is 0.379 e. The van der Waals surface area contributed by atoms with E-state index in [0.717, 1.165) is 18.2 Å². The number of hydrogen-bond acceptors (Lipinski definition) is 2. The molecule has 4 heteroatoms. The molecule has 0 saturated carbocycles. The van der Waals surface area contributed by atoms with E-state index in [0.29, 0.717) is 6.42 Å². The first kappa shape index (κ1) is 12.1. The van der Waals surface area contributed by atoms with Crippen molar-refractivity contribution < 1.29 is 13.5 Å². The molecule has 0 amide bonds. The Morgan fingerprint density at radius 3 is 2.60 bits per heavy atom. The van der Waals surface area contributed by atoms with E-state index in [-0.39, 0.29) is 11.7 Å². The average molecular weight is 215 g/mol. The van der Waals surface area contributed by atoms with E-state index in [1.165, 1.54) is 7.11 Å². The van der Waals surface area contributed by atoms with Crippen molar-refractivity contribution in [3.8, 4) is 0 Å². The van der Waals surface area contributed by atoms with Crippen LogP contribution in [0.5, 0.6) is 0 Å². The highest BCUT2D eigenvalue weighted by Crippen LogP contribution is 2.22. The van der Waals surface area contributed by atoms with Gasteiger partial charge in [-0.1, -0.05) is 6.92 Å². The zero-order chi connectivity index (χ0) is 11.4. The van der Waals surface area contributed by atoms with Crippen LogP contribution in [0.25, 0.3) is 0 Å². The number of methoxy groups -OCH3 is 1. The molecule has 0 aliphatic heterocycles. The molecule has 1 aromatic rings. The SMILES string of the molecule is CCC(OC)C(N)c1cc(F)ccc1F. The second-order valence-corrected chi connectivity index (χ2v) is 3.37. The third-order valence-electron chi connectivity index (χ3n) is 2.42. The average Bonchev–Trinajstić information content (AvgIpc) is 2.23. The summed E-state index contributed by atoms with van der Waals surface area (Å²) < 4.78 is 31.4. The molecular weight excluding hydrogens is 200 g/mol. The first-order valence-corrected chi connectivity index (χ1v) is 4.83. The molecule has 0 saturated heterocycles. The lowest BCUT2D eigenvalue weighted by Gasteiger charge is -2.21. The molecule has 0 aliphatic carbocycles. The van der Waals surface area contributed by atoms with E-state index in [9.17, 15) is 8.78 Å². The Morgan fingerprint density at radius 1 is 1.40 bits per heavy atom. The first-order chi connectivity index (χ1) is 7.10. The van der Waals surface area contributed by atoms with E-state index in [1.807, 2.05) is 6.92 Å². The summed E-state index contributed by atoms with van der Waals surface area (Å²) >= 11 is 0. The van der Waals surface area contributed by atoms with Gasteiger partial charge in [-0.2, -0.15) is 0 Å². The van der Waals surface area contributed by atoms with Gasteiger partial charge in [0.15, 0.2) is 0 Å². The van der Waals surface area contributed by atoms with Gasteiger partial charge in [-0.3, -0.25) is 0 Å². The molecule has 0 spiro atoms. The van der Waals surface area contributed by atoms with Crippen LogP contribution in [0.3, 0.4) is 0 Å². The minimum absolute atomic E-state index is 0.156. The Kier molecular flexibility index (Phi) is 4.17. The molecule has 0 fully saturated rings. The van der Waals surface area contributed by atoms with Gasteiger partial charge in [0.05, 0.1) is 12.1 Å². The van der Waals surface area contributed by atoms with E-state index in [4.69, 9.17) is 10.5 Å². The number of rotatable bonds is 4. The molecule has 0 bridgehead atoms. The van der Waals surface area contributed by atoms with Crippen molar-refractivity contribution in [1.29, 1.82) is 0 Å². The lowest BCUT2D eigenvalue weighted by atomic mass is 10.00. The molecule has 0 aliphatic rings. The van der Waals surface area contributed by atoms with Crippen LogP contribution < -0.4 is 5.73 Å². The maximum Gasteiger partial charge on any atom is 0.128 e. The van der Waals surface area contributed by atoms with Crippen molar-refractivity contribution in [2.45, 2.75) is 25.5 Å². The summed E-state index contributed by atoms with van der Waals surface area (Å²) in [6.45, 7) is 1.88.